The van der Waals surface area contributed by atoms with Gasteiger partial charge in [-0.15, -0.1) is 5.53 Å². The molecule has 2 aromatic rings. The summed E-state index contributed by atoms with van der Waals surface area (Å²) in [5.41, 5.74) is 5.78. The monoisotopic (exact) mass is 386 g/mol. The summed E-state index contributed by atoms with van der Waals surface area (Å²) in [6.45, 7) is 1.89. The van der Waals surface area contributed by atoms with E-state index in [0.717, 1.165) is 48.6 Å². The third-order valence-electron chi connectivity index (χ3n) is 5.20. The third kappa shape index (κ3) is 2.52. The van der Waals surface area contributed by atoms with Crippen LogP contribution in [-0.4, -0.2) is 23.1 Å². The summed E-state index contributed by atoms with van der Waals surface area (Å²) in [6.07, 6.45) is -1.47. The third-order valence-corrected chi connectivity index (χ3v) is 5.20. The number of nitrogens with one attached hydrogen (secondary N) is 1. The molecule has 1 fully saturated rings. The van der Waals surface area contributed by atoms with Gasteiger partial charge in [-0.25, -0.2) is 5.01 Å². The minimum atomic E-state index is -4.46. The number of fused-ring (bicyclic) bond motifs is 3. The lowest BCUT2D eigenvalue weighted by Crippen LogP contribution is -2.44. The number of hydrazine groups is 2. The Bertz CT molecular complexity index is 1010. The lowest BCUT2D eigenvalue weighted by atomic mass is 10.0. The molecule has 144 valence electrons. The first kappa shape index (κ1) is 17.0. The van der Waals surface area contributed by atoms with Gasteiger partial charge in [0.05, 0.1) is 16.9 Å². The zero-order chi connectivity index (χ0) is 19.5. The normalized spacial score (nSPS) is 18.7. The molecule has 1 saturated heterocycles. The standard InChI is InChI=1S/C20H17F3N4O/c21-20(22,23)13-5-3-6-14(11-13)26-19(28)18-12-17(25-9-4-10-25)15-7-1-2-8-16(15)27(18)24-26/h1-3,5-8,11-12,24,28H,4,9-10H2. The number of para-hydroxylation sites is 1. The molecule has 0 atom stereocenters. The number of halogens is 3. The second kappa shape index (κ2) is 5.93. The summed E-state index contributed by atoms with van der Waals surface area (Å²) in [5, 5.41) is 13.8. The molecule has 3 aliphatic heterocycles. The molecule has 0 spiro atoms. The van der Waals surface area contributed by atoms with E-state index in [4.69, 9.17) is 0 Å². The van der Waals surface area contributed by atoms with Crippen molar-refractivity contribution in [2.24, 2.45) is 0 Å². The number of aliphatic hydroxyl groups is 1. The molecule has 0 aliphatic carbocycles. The van der Waals surface area contributed by atoms with E-state index in [9.17, 15) is 18.3 Å². The van der Waals surface area contributed by atoms with E-state index in [1.807, 2.05) is 30.3 Å². The summed E-state index contributed by atoms with van der Waals surface area (Å²) < 4.78 is 39.3. The van der Waals surface area contributed by atoms with Crippen molar-refractivity contribution in [1.82, 2.24) is 10.4 Å². The quantitative estimate of drug-likeness (QED) is 0.808. The minimum absolute atomic E-state index is 0.146. The second-order valence-electron chi connectivity index (χ2n) is 6.92. The van der Waals surface area contributed by atoms with E-state index in [0.29, 0.717) is 5.70 Å². The van der Waals surface area contributed by atoms with Gasteiger partial charge in [0.2, 0.25) is 5.88 Å². The molecule has 0 aromatic heterocycles. The Morgan fingerprint density at radius 2 is 1.75 bits per heavy atom. The van der Waals surface area contributed by atoms with Crippen LogP contribution in [0, 0.1) is 0 Å². The molecule has 0 unspecified atom stereocenters. The van der Waals surface area contributed by atoms with Gasteiger partial charge in [-0.05, 0) is 36.8 Å². The Labute approximate surface area is 159 Å². The van der Waals surface area contributed by atoms with E-state index in [1.54, 1.807) is 5.01 Å². The van der Waals surface area contributed by atoms with Crippen LogP contribution in [0.1, 0.15) is 17.5 Å². The number of rotatable bonds is 2. The molecular weight excluding hydrogens is 369 g/mol. The van der Waals surface area contributed by atoms with Gasteiger partial charge in [-0.1, -0.05) is 24.3 Å². The average Bonchev–Trinajstić information content (AvgIpc) is 2.97. The van der Waals surface area contributed by atoms with Crippen molar-refractivity contribution in [2.45, 2.75) is 12.6 Å². The summed E-state index contributed by atoms with van der Waals surface area (Å²) in [7, 11) is 0. The molecule has 3 aliphatic rings. The highest BCUT2D eigenvalue weighted by atomic mass is 19.4. The number of hydrogen-bond acceptors (Lipinski definition) is 5. The first-order chi connectivity index (χ1) is 13.4. The average molecular weight is 386 g/mol. The lowest BCUT2D eigenvalue weighted by Gasteiger charge is -2.39. The van der Waals surface area contributed by atoms with Crippen molar-refractivity contribution in [2.75, 3.05) is 23.1 Å². The molecule has 5 nitrogen and oxygen atoms in total. The predicted octanol–water partition coefficient (Wildman–Crippen LogP) is 4.24. The summed E-state index contributed by atoms with van der Waals surface area (Å²) >= 11 is 0. The fourth-order valence-corrected chi connectivity index (χ4v) is 3.64. The van der Waals surface area contributed by atoms with E-state index in [1.165, 1.54) is 17.1 Å². The van der Waals surface area contributed by atoms with Crippen molar-refractivity contribution in [3.63, 3.8) is 0 Å². The van der Waals surface area contributed by atoms with E-state index < -0.39 is 11.7 Å². The van der Waals surface area contributed by atoms with Gasteiger partial charge >= 0.3 is 6.18 Å². The number of hydrogen-bond donors (Lipinski definition) is 2. The molecule has 0 bridgehead atoms. The maximum absolute atomic E-state index is 13.1. The van der Waals surface area contributed by atoms with Crippen molar-refractivity contribution >= 4 is 17.1 Å². The fraction of sp³-hybridized carbons (Fsp3) is 0.200. The maximum Gasteiger partial charge on any atom is 0.416 e. The van der Waals surface area contributed by atoms with Crippen LogP contribution in [0.25, 0.3) is 5.70 Å². The largest absolute Gasteiger partial charge is 0.492 e. The highest BCUT2D eigenvalue weighted by Crippen LogP contribution is 2.42. The highest BCUT2D eigenvalue weighted by Gasteiger charge is 2.37. The Hall–Kier alpha value is -3.13. The molecule has 3 heterocycles. The highest BCUT2D eigenvalue weighted by molar-refractivity contribution is 5.85. The smallest absolute Gasteiger partial charge is 0.416 e. The molecule has 0 amide bonds. The SMILES string of the molecule is OC1=C2C=C(N3CCC3)c3ccccc3N2NN1c1cccc(C(F)(F)F)c1. The number of aliphatic hydroxyl groups excluding tert-OH is 1. The number of likely N-dealkylation sites (tertiary alicyclic amines) is 1. The molecule has 0 saturated carbocycles. The van der Waals surface area contributed by atoms with Crippen molar-refractivity contribution < 1.29 is 18.3 Å². The number of benzene rings is 2. The molecule has 28 heavy (non-hydrogen) atoms. The van der Waals surface area contributed by atoms with Crippen LogP contribution in [-0.2, 0) is 6.18 Å². The van der Waals surface area contributed by atoms with Gasteiger partial charge in [0, 0.05) is 24.4 Å². The van der Waals surface area contributed by atoms with Gasteiger partial charge in [0.1, 0.15) is 5.70 Å². The van der Waals surface area contributed by atoms with Crippen molar-refractivity contribution in [3.05, 3.63) is 77.3 Å². The number of alkyl halides is 3. The first-order valence-electron chi connectivity index (χ1n) is 8.96. The van der Waals surface area contributed by atoms with Crippen LogP contribution in [0.5, 0.6) is 0 Å². The summed E-state index contributed by atoms with van der Waals surface area (Å²) in [5.74, 6) is -0.146. The zero-order valence-electron chi connectivity index (χ0n) is 14.7. The van der Waals surface area contributed by atoms with Crippen molar-refractivity contribution in [1.29, 1.82) is 0 Å². The topological polar surface area (TPSA) is 42.0 Å². The minimum Gasteiger partial charge on any atom is -0.492 e. The van der Waals surface area contributed by atoms with Gasteiger partial charge < -0.3 is 10.0 Å². The number of anilines is 2. The Morgan fingerprint density at radius 1 is 0.964 bits per heavy atom. The van der Waals surface area contributed by atoms with Crippen LogP contribution in [0.4, 0.5) is 24.5 Å². The van der Waals surface area contributed by atoms with Crippen LogP contribution in [0.3, 0.4) is 0 Å². The van der Waals surface area contributed by atoms with E-state index >= 15 is 0 Å². The molecule has 2 N–H and O–H groups in total. The van der Waals surface area contributed by atoms with Gasteiger partial charge in [-0.2, -0.15) is 13.2 Å². The molecule has 8 heteroatoms. The van der Waals surface area contributed by atoms with Crippen LogP contribution < -0.4 is 15.6 Å². The van der Waals surface area contributed by atoms with Gasteiger partial charge in [0.15, 0.2) is 0 Å². The predicted molar refractivity (Wildman–Crippen MR) is 99.8 cm³/mol. The zero-order valence-corrected chi connectivity index (χ0v) is 14.7. The second-order valence-corrected chi connectivity index (χ2v) is 6.92. The Kier molecular flexibility index (Phi) is 3.60. The van der Waals surface area contributed by atoms with E-state index in [-0.39, 0.29) is 11.6 Å². The molecule has 2 aromatic carbocycles. The van der Waals surface area contributed by atoms with Gasteiger partial charge in [0.25, 0.3) is 0 Å². The van der Waals surface area contributed by atoms with Crippen molar-refractivity contribution in [3.8, 4) is 0 Å². The van der Waals surface area contributed by atoms with Crippen LogP contribution in [0.2, 0.25) is 0 Å². The maximum atomic E-state index is 13.1. The molecule has 0 radical (unpaired) electrons. The fourth-order valence-electron chi connectivity index (χ4n) is 3.64. The van der Waals surface area contributed by atoms with E-state index in [2.05, 4.69) is 10.4 Å². The Balaban J connectivity index is 1.59. The van der Waals surface area contributed by atoms with Gasteiger partial charge in [-0.3, -0.25) is 5.01 Å². The van der Waals surface area contributed by atoms with Crippen LogP contribution >= 0.6 is 0 Å². The number of nitrogens with zero attached hydrogens (tertiary/aromatic N) is 3. The molecule has 5 rings (SSSR count). The molecular formula is C20H17F3N4O. The summed E-state index contributed by atoms with van der Waals surface area (Å²) in [6, 6.07) is 12.6. The lowest BCUT2D eigenvalue weighted by molar-refractivity contribution is -0.137. The first-order valence-corrected chi connectivity index (χ1v) is 8.96. The Morgan fingerprint density at radius 3 is 2.46 bits per heavy atom. The number of allylic oxidation sites excluding steroid dienone is 1. The van der Waals surface area contributed by atoms with Crippen LogP contribution in [0.15, 0.2) is 66.2 Å². The summed E-state index contributed by atoms with van der Waals surface area (Å²) in [4.78, 5) is 2.23.